The topological polar surface area (TPSA) is 45.7 Å². The summed E-state index contributed by atoms with van der Waals surface area (Å²) in [7, 11) is 4.03. The first-order chi connectivity index (χ1) is 12.0. The molecular weight excluding hydrogens is 334 g/mol. The molecular formula is C19H25N3O2S. The highest BCUT2D eigenvalue weighted by molar-refractivity contribution is 7.09. The summed E-state index contributed by atoms with van der Waals surface area (Å²) in [5, 5.41) is 2.05. The van der Waals surface area contributed by atoms with Crippen LogP contribution in [0.5, 0.6) is 0 Å². The molecule has 1 atom stereocenters. The number of hydrogen-bond acceptors (Lipinski definition) is 5. The van der Waals surface area contributed by atoms with Crippen molar-refractivity contribution in [1.29, 1.82) is 0 Å². The van der Waals surface area contributed by atoms with E-state index in [0.717, 1.165) is 23.5 Å². The van der Waals surface area contributed by atoms with Crippen LogP contribution in [-0.4, -0.2) is 49.6 Å². The first-order valence-corrected chi connectivity index (χ1v) is 9.48. The highest BCUT2D eigenvalue weighted by Gasteiger charge is 2.26. The van der Waals surface area contributed by atoms with E-state index in [9.17, 15) is 4.79 Å². The Kier molecular flexibility index (Phi) is 5.71. The lowest BCUT2D eigenvalue weighted by Crippen LogP contribution is -2.42. The molecule has 25 heavy (non-hydrogen) atoms. The van der Waals surface area contributed by atoms with Gasteiger partial charge < -0.3 is 14.5 Å². The molecule has 6 heteroatoms. The number of amides is 1. The molecule has 1 fully saturated rings. The average Bonchev–Trinajstić information content (AvgIpc) is 3.12. The predicted molar refractivity (Wildman–Crippen MR) is 101 cm³/mol. The Morgan fingerprint density at radius 1 is 1.44 bits per heavy atom. The predicted octanol–water partition coefficient (Wildman–Crippen LogP) is 3.05. The van der Waals surface area contributed by atoms with E-state index in [0.29, 0.717) is 26.1 Å². The minimum Gasteiger partial charge on any atom is -0.378 e. The van der Waals surface area contributed by atoms with Crippen molar-refractivity contribution in [3.63, 3.8) is 0 Å². The number of morpholine rings is 1. The minimum atomic E-state index is -0.155. The third-order valence-corrected chi connectivity index (χ3v) is 5.32. The van der Waals surface area contributed by atoms with Crippen LogP contribution in [0.25, 0.3) is 0 Å². The lowest BCUT2D eigenvalue weighted by Gasteiger charge is -2.33. The number of nitrogens with zero attached hydrogens (tertiary/aromatic N) is 3. The zero-order chi connectivity index (χ0) is 17.8. The highest BCUT2D eigenvalue weighted by atomic mass is 32.1. The van der Waals surface area contributed by atoms with E-state index in [-0.39, 0.29) is 12.0 Å². The molecule has 134 valence electrons. The van der Waals surface area contributed by atoms with Crippen LogP contribution < -0.4 is 4.90 Å². The lowest BCUT2D eigenvalue weighted by molar-refractivity contribution is -0.139. The summed E-state index contributed by atoms with van der Waals surface area (Å²) in [5.74, 6) is 0.196. The van der Waals surface area contributed by atoms with Gasteiger partial charge in [-0.25, -0.2) is 0 Å². The van der Waals surface area contributed by atoms with Crippen LogP contribution >= 0.6 is 11.3 Å². The summed E-state index contributed by atoms with van der Waals surface area (Å²) in [6, 6.07) is 8.22. The number of aromatic nitrogens is 1. The van der Waals surface area contributed by atoms with E-state index in [1.54, 1.807) is 11.3 Å². The van der Waals surface area contributed by atoms with Gasteiger partial charge in [0.2, 0.25) is 5.91 Å². The molecule has 1 aliphatic rings. The normalized spacial score (nSPS) is 17.6. The second kappa shape index (κ2) is 7.97. The fraction of sp³-hybridized carbons (Fsp3) is 0.474. The molecule has 1 aliphatic heterocycles. The first kappa shape index (κ1) is 17.9. The van der Waals surface area contributed by atoms with Gasteiger partial charge in [0.25, 0.3) is 0 Å². The van der Waals surface area contributed by atoms with Gasteiger partial charge in [-0.2, -0.15) is 0 Å². The first-order valence-electron chi connectivity index (χ1n) is 8.60. The van der Waals surface area contributed by atoms with Gasteiger partial charge in [0, 0.05) is 43.3 Å². The molecule has 0 spiro atoms. The summed E-state index contributed by atoms with van der Waals surface area (Å²) in [6.07, 6.45) is 1.21. The van der Waals surface area contributed by atoms with E-state index in [1.807, 2.05) is 32.0 Å². The second-order valence-corrected chi connectivity index (χ2v) is 7.60. The van der Waals surface area contributed by atoms with Crippen LogP contribution in [0.3, 0.4) is 0 Å². The van der Waals surface area contributed by atoms with Crippen molar-refractivity contribution >= 4 is 22.9 Å². The van der Waals surface area contributed by atoms with Crippen molar-refractivity contribution in [3.8, 4) is 0 Å². The molecule has 0 radical (unpaired) electrons. The van der Waals surface area contributed by atoms with Gasteiger partial charge in [0.05, 0.1) is 18.8 Å². The molecule has 0 N–H and O–H groups in total. The average molecular weight is 359 g/mol. The fourth-order valence-electron chi connectivity index (χ4n) is 3.00. The molecule has 1 amide bonds. The number of rotatable bonds is 5. The number of carbonyl (C=O) groups is 1. The fourth-order valence-corrected chi connectivity index (χ4v) is 3.71. The van der Waals surface area contributed by atoms with Crippen LogP contribution in [0, 0.1) is 6.92 Å². The Morgan fingerprint density at radius 3 is 3.00 bits per heavy atom. The van der Waals surface area contributed by atoms with Crippen LogP contribution in [0.2, 0.25) is 0 Å². The molecule has 5 nitrogen and oxygen atoms in total. The molecule has 3 heterocycles. The van der Waals surface area contributed by atoms with Crippen molar-refractivity contribution in [2.75, 3.05) is 38.7 Å². The number of pyridine rings is 1. The van der Waals surface area contributed by atoms with Crippen LogP contribution in [0.1, 0.15) is 28.8 Å². The second-order valence-electron chi connectivity index (χ2n) is 6.56. The van der Waals surface area contributed by atoms with Gasteiger partial charge in [0.15, 0.2) is 0 Å². The van der Waals surface area contributed by atoms with Crippen molar-refractivity contribution < 1.29 is 9.53 Å². The Morgan fingerprint density at radius 2 is 2.28 bits per heavy atom. The monoisotopic (exact) mass is 359 g/mol. The van der Waals surface area contributed by atoms with E-state index in [1.165, 1.54) is 4.88 Å². The third-order valence-electron chi connectivity index (χ3n) is 4.39. The maximum Gasteiger partial charge on any atom is 0.223 e. The Hall–Kier alpha value is -1.92. The SMILES string of the molecule is Cc1cc(N(C)C)cc([C@H]2CN(C(=O)CCc3cccs3)CCO2)n1. The van der Waals surface area contributed by atoms with Gasteiger partial charge in [-0.3, -0.25) is 9.78 Å². The van der Waals surface area contributed by atoms with Crippen LogP contribution in [0.15, 0.2) is 29.6 Å². The summed E-state index contributed by atoms with van der Waals surface area (Å²) in [5.41, 5.74) is 2.97. The summed E-state index contributed by atoms with van der Waals surface area (Å²) in [4.78, 5) is 22.4. The van der Waals surface area contributed by atoms with Crippen LogP contribution in [0.4, 0.5) is 5.69 Å². The number of ether oxygens (including phenoxy) is 1. The maximum atomic E-state index is 12.6. The van der Waals surface area contributed by atoms with Gasteiger partial charge in [0.1, 0.15) is 6.10 Å². The number of anilines is 1. The van der Waals surface area contributed by atoms with E-state index in [4.69, 9.17) is 4.74 Å². The number of carbonyl (C=O) groups excluding carboxylic acids is 1. The zero-order valence-corrected chi connectivity index (χ0v) is 15.9. The highest BCUT2D eigenvalue weighted by Crippen LogP contribution is 2.25. The minimum absolute atomic E-state index is 0.155. The van der Waals surface area contributed by atoms with Crippen molar-refractivity contribution in [2.45, 2.75) is 25.9 Å². The van der Waals surface area contributed by atoms with Gasteiger partial charge in [-0.1, -0.05) is 6.07 Å². The largest absolute Gasteiger partial charge is 0.378 e. The molecule has 0 unspecified atom stereocenters. The zero-order valence-electron chi connectivity index (χ0n) is 15.1. The molecule has 3 rings (SSSR count). The number of aryl methyl sites for hydroxylation is 2. The van der Waals surface area contributed by atoms with Gasteiger partial charge >= 0.3 is 0 Å². The van der Waals surface area contributed by atoms with Crippen molar-refractivity contribution in [3.05, 3.63) is 45.9 Å². The maximum absolute atomic E-state index is 12.6. The van der Waals surface area contributed by atoms with Crippen molar-refractivity contribution in [2.24, 2.45) is 0 Å². The molecule has 0 aromatic carbocycles. The lowest BCUT2D eigenvalue weighted by atomic mass is 10.1. The van der Waals surface area contributed by atoms with Gasteiger partial charge in [-0.05, 0) is 36.9 Å². The summed E-state index contributed by atoms with van der Waals surface area (Å²) >= 11 is 1.70. The number of thiophene rings is 1. The molecule has 2 aromatic rings. The van der Waals surface area contributed by atoms with E-state index < -0.39 is 0 Å². The summed E-state index contributed by atoms with van der Waals surface area (Å²) < 4.78 is 5.91. The quantitative estimate of drug-likeness (QED) is 0.823. The smallest absolute Gasteiger partial charge is 0.223 e. The van der Waals surface area contributed by atoms with Gasteiger partial charge in [-0.15, -0.1) is 11.3 Å². The Balaban J connectivity index is 1.65. The van der Waals surface area contributed by atoms with Crippen molar-refractivity contribution in [1.82, 2.24) is 9.88 Å². The van der Waals surface area contributed by atoms with E-state index >= 15 is 0 Å². The molecule has 0 bridgehead atoms. The van der Waals surface area contributed by atoms with E-state index in [2.05, 4.69) is 33.5 Å². The molecule has 0 aliphatic carbocycles. The van der Waals surface area contributed by atoms with Crippen LogP contribution in [-0.2, 0) is 16.0 Å². The standard InChI is InChI=1S/C19H25N3O2S/c1-14-11-15(21(2)3)12-17(20-14)18-13-22(8-9-24-18)19(23)7-6-16-5-4-10-25-16/h4-5,10-12,18H,6-9,13H2,1-3H3/t18-/m1/s1. The third kappa shape index (κ3) is 4.58. The number of hydrogen-bond donors (Lipinski definition) is 0. The molecule has 0 saturated carbocycles. The molecule has 1 saturated heterocycles. The Bertz CT molecular complexity index is 715. The molecule has 2 aromatic heterocycles. The Labute approximate surface area is 153 Å². The summed E-state index contributed by atoms with van der Waals surface area (Å²) in [6.45, 7) is 3.78.